The summed E-state index contributed by atoms with van der Waals surface area (Å²) in [7, 11) is 0. The van der Waals surface area contributed by atoms with E-state index in [4.69, 9.17) is 0 Å². The molecule has 0 aliphatic carbocycles. The van der Waals surface area contributed by atoms with Crippen molar-refractivity contribution in [2.24, 2.45) is 5.92 Å². The molecule has 0 atom stereocenters. The van der Waals surface area contributed by atoms with E-state index in [-0.39, 0.29) is 0 Å². The normalized spacial score (nSPS) is 12.4. The van der Waals surface area contributed by atoms with Crippen molar-refractivity contribution in [2.75, 3.05) is 0 Å². The van der Waals surface area contributed by atoms with E-state index in [9.17, 15) is 5.11 Å². The first kappa shape index (κ1) is 11.2. The molecular weight excluding hydrogens is 176 g/mol. The Kier molecular flexibility index (Phi) is 3.32. The molecule has 0 saturated carbocycles. The molecule has 0 fully saturated rings. The van der Waals surface area contributed by atoms with Crippen LogP contribution in [-0.2, 0) is 13.0 Å². The Morgan fingerprint density at radius 3 is 2.64 bits per heavy atom. The van der Waals surface area contributed by atoms with E-state index in [1.165, 1.54) is 5.56 Å². The molecule has 0 saturated heterocycles. The molecule has 0 radical (unpaired) electrons. The van der Waals surface area contributed by atoms with Crippen molar-refractivity contribution in [1.29, 1.82) is 0 Å². The van der Waals surface area contributed by atoms with Gasteiger partial charge in [0, 0.05) is 6.20 Å². The fourth-order valence-electron chi connectivity index (χ4n) is 1.47. The van der Waals surface area contributed by atoms with Crippen LogP contribution in [0.1, 0.15) is 33.3 Å². The van der Waals surface area contributed by atoms with Gasteiger partial charge in [0.05, 0.1) is 18.3 Å². The fraction of sp³-hybridized carbons (Fsp3) is 0.727. The van der Waals surface area contributed by atoms with Gasteiger partial charge in [-0.1, -0.05) is 13.8 Å². The molecule has 3 heteroatoms. The third-order valence-electron chi connectivity index (χ3n) is 1.88. The summed E-state index contributed by atoms with van der Waals surface area (Å²) >= 11 is 0. The van der Waals surface area contributed by atoms with Crippen LogP contribution in [0.2, 0.25) is 0 Å². The van der Waals surface area contributed by atoms with Crippen molar-refractivity contribution in [1.82, 2.24) is 9.78 Å². The third-order valence-corrected chi connectivity index (χ3v) is 1.88. The lowest BCUT2D eigenvalue weighted by Crippen LogP contribution is -2.26. The Labute approximate surface area is 85.8 Å². The van der Waals surface area contributed by atoms with Crippen molar-refractivity contribution in [3.05, 3.63) is 18.0 Å². The van der Waals surface area contributed by atoms with Crippen molar-refractivity contribution in [3.8, 4) is 0 Å². The molecule has 80 valence electrons. The Morgan fingerprint density at radius 1 is 1.50 bits per heavy atom. The molecule has 0 amide bonds. The van der Waals surface area contributed by atoms with Gasteiger partial charge in [-0.15, -0.1) is 0 Å². The quantitative estimate of drug-likeness (QED) is 0.798. The van der Waals surface area contributed by atoms with Gasteiger partial charge in [-0.3, -0.25) is 4.68 Å². The SMILES string of the molecule is CC(C)Cc1cnn(CC(C)(C)O)c1. The fourth-order valence-corrected chi connectivity index (χ4v) is 1.47. The molecule has 3 nitrogen and oxygen atoms in total. The van der Waals surface area contributed by atoms with Crippen LogP contribution in [0.4, 0.5) is 0 Å². The summed E-state index contributed by atoms with van der Waals surface area (Å²) in [4.78, 5) is 0. The molecule has 1 aromatic heterocycles. The van der Waals surface area contributed by atoms with Gasteiger partial charge in [0.15, 0.2) is 0 Å². The molecule has 14 heavy (non-hydrogen) atoms. The minimum Gasteiger partial charge on any atom is -0.389 e. The van der Waals surface area contributed by atoms with Gasteiger partial charge in [-0.2, -0.15) is 5.10 Å². The molecule has 1 aromatic rings. The first-order chi connectivity index (χ1) is 6.37. The van der Waals surface area contributed by atoms with Crippen LogP contribution in [0.25, 0.3) is 0 Å². The summed E-state index contributed by atoms with van der Waals surface area (Å²) in [5.74, 6) is 0.648. The van der Waals surface area contributed by atoms with Crippen molar-refractivity contribution < 1.29 is 5.11 Å². The van der Waals surface area contributed by atoms with Crippen LogP contribution in [0, 0.1) is 5.92 Å². The summed E-state index contributed by atoms with van der Waals surface area (Å²) in [5.41, 5.74) is 0.547. The highest BCUT2D eigenvalue weighted by atomic mass is 16.3. The lowest BCUT2D eigenvalue weighted by molar-refractivity contribution is 0.0577. The van der Waals surface area contributed by atoms with Crippen LogP contribution in [0.5, 0.6) is 0 Å². The van der Waals surface area contributed by atoms with Crippen LogP contribution >= 0.6 is 0 Å². The van der Waals surface area contributed by atoms with Crippen LogP contribution in [0.15, 0.2) is 12.4 Å². The number of nitrogens with zero attached hydrogens (tertiary/aromatic N) is 2. The third kappa shape index (κ3) is 3.92. The van der Waals surface area contributed by atoms with Gasteiger partial charge in [-0.25, -0.2) is 0 Å². The number of rotatable bonds is 4. The molecule has 0 aromatic carbocycles. The van der Waals surface area contributed by atoms with Crippen molar-refractivity contribution in [2.45, 2.75) is 46.3 Å². The second-order valence-electron chi connectivity index (χ2n) is 4.96. The number of aliphatic hydroxyl groups is 1. The van der Waals surface area contributed by atoms with Crippen LogP contribution in [-0.4, -0.2) is 20.5 Å². The Balaban J connectivity index is 2.60. The summed E-state index contributed by atoms with van der Waals surface area (Å²) in [6.45, 7) is 8.50. The van der Waals surface area contributed by atoms with E-state index in [0.29, 0.717) is 12.5 Å². The predicted octanol–water partition coefficient (Wildman–Crippen LogP) is 1.85. The molecule has 1 N–H and O–H groups in total. The maximum absolute atomic E-state index is 9.60. The summed E-state index contributed by atoms with van der Waals surface area (Å²) in [5, 5.41) is 13.8. The Bertz CT molecular complexity index is 284. The zero-order valence-electron chi connectivity index (χ0n) is 9.49. The second-order valence-corrected chi connectivity index (χ2v) is 4.96. The molecule has 0 aliphatic rings. The maximum atomic E-state index is 9.60. The van der Waals surface area contributed by atoms with E-state index >= 15 is 0 Å². The molecular formula is C11H20N2O. The molecule has 0 aliphatic heterocycles. The monoisotopic (exact) mass is 196 g/mol. The minimum absolute atomic E-state index is 0.547. The molecule has 0 unspecified atom stereocenters. The highest BCUT2D eigenvalue weighted by molar-refractivity contribution is 5.04. The Hall–Kier alpha value is -0.830. The van der Waals surface area contributed by atoms with Gasteiger partial charge in [0.2, 0.25) is 0 Å². The summed E-state index contributed by atoms with van der Waals surface area (Å²) in [6, 6.07) is 0. The summed E-state index contributed by atoms with van der Waals surface area (Å²) < 4.78 is 1.80. The predicted molar refractivity (Wildman–Crippen MR) is 57.1 cm³/mol. The molecule has 0 spiro atoms. The average molecular weight is 196 g/mol. The van der Waals surface area contributed by atoms with Gasteiger partial charge in [0.1, 0.15) is 0 Å². The average Bonchev–Trinajstić information content (AvgIpc) is 2.30. The lowest BCUT2D eigenvalue weighted by atomic mass is 10.1. The topological polar surface area (TPSA) is 38.0 Å². The molecule has 1 heterocycles. The van der Waals surface area contributed by atoms with Crippen LogP contribution < -0.4 is 0 Å². The van der Waals surface area contributed by atoms with E-state index in [2.05, 4.69) is 18.9 Å². The second kappa shape index (κ2) is 4.13. The largest absolute Gasteiger partial charge is 0.389 e. The van der Waals surface area contributed by atoms with Gasteiger partial charge < -0.3 is 5.11 Å². The van der Waals surface area contributed by atoms with Gasteiger partial charge in [0.25, 0.3) is 0 Å². The zero-order chi connectivity index (χ0) is 10.8. The lowest BCUT2D eigenvalue weighted by Gasteiger charge is -2.16. The van der Waals surface area contributed by atoms with Crippen molar-refractivity contribution in [3.63, 3.8) is 0 Å². The van der Waals surface area contributed by atoms with E-state index in [0.717, 1.165) is 6.42 Å². The number of hydrogen-bond acceptors (Lipinski definition) is 2. The standard InChI is InChI=1S/C11H20N2O/c1-9(2)5-10-6-12-13(7-10)8-11(3,4)14/h6-7,9,14H,5,8H2,1-4H3. The Morgan fingerprint density at radius 2 is 2.14 bits per heavy atom. The van der Waals surface area contributed by atoms with E-state index < -0.39 is 5.60 Å². The maximum Gasteiger partial charge on any atom is 0.0786 e. The first-order valence-electron chi connectivity index (χ1n) is 5.10. The van der Waals surface area contributed by atoms with Crippen LogP contribution in [0.3, 0.4) is 0 Å². The van der Waals surface area contributed by atoms with Gasteiger partial charge >= 0.3 is 0 Å². The highest BCUT2D eigenvalue weighted by Gasteiger charge is 2.14. The smallest absolute Gasteiger partial charge is 0.0786 e. The van der Waals surface area contributed by atoms with Gasteiger partial charge in [-0.05, 0) is 31.7 Å². The zero-order valence-corrected chi connectivity index (χ0v) is 9.49. The number of hydrogen-bond donors (Lipinski definition) is 1. The first-order valence-corrected chi connectivity index (χ1v) is 5.10. The highest BCUT2D eigenvalue weighted by Crippen LogP contribution is 2.09. The molecule has 0 bridgehead atoms. The van der Waals surface area contributed by atoms with E-state index in [1.807, 2.05) is 12.4 Å². The minimum atomic E-state index is -0.693. The number of aromatic nitrogens is 2. The van der Waals surface area contributed by atoms with E-state index in [1.54, 1.807) is 18.5 Å². The van der Waals surface area contributed by atoms with Crippen molar-refractivity contribution >= 4 is 0 Å². The summed E-state index contributed by atoms with van der Waals surface area (Å²) in [6.07, 6.45) is 4.94. The molecule has 1 rings (SSSR count).